The quantitative estimate of drug-likeness (QED) is 0.605. The second-order valence-corrected chi connectivity index (χ2v) is 7.89. The monoisotopic (exact) mass is 440 g/mol. The Kier molecular flexibility index (Phi) is 5.06. The van der Waals surface area contributed by atoms with Gasteiger partial charge in [-0.05, 0) is 18.2 Å². The number of hydrogen-bond acceptors (Lipinski definition) is 9. The highest BCUT2D eigenvalue weighted by atomic mass is 19.1. The second kappa shape index (κ2) is 7.92. The molecule has 2 N–H and O–H groups in total. The molecule has 0 saturated carbocycles. The van der Waals surface area contributed by atoms with E-state index in [1.54, 1.807) is 37.5 Å². The number of carbonyl (C=O) groups excluding carboxylic acids is 1. The molecule has 0 aromatic carbocycles. The molecule has 166 valence electrons. The van der Waals surface area contributed by atoms with E-state index in [0.717, 1.165) is 0 Å². The molecule has 1 amide bonds. The van der Waals surface area contributed by atoms with Crippen LogP contribution in [0.5, 0.6) is 0 Å². The fraction of sp³-hybridized carbons (Fsp3) is 0.381. The average molecular weight is 440 g/mol. The fourth-order valence-corrected chi connectivity index (χ4v) is 3.79. The summed E-state index contributed by atoms with van der Waals surface area (Å²) in [5.41, 5.74) is 0.235. The van der Waals surface area contributed by atoms with Gasteiger partial charge in [-0.3, -0.25) is 4.79 Å². The summed E-state index contributed by atoms with van der Waals surface area (Å²) in [6.07, 6.45) is 0.674. The number of ether oxygens (including phenoxy) is 1. The van der Waals surface area contributed by atoms with Crippen LogP contribution in [0.3, 0.4) is 0 Å². The molecule has 0 radical (unpaired) electrons. The lowest BCUT2D eigenvalue weighted by Crippen LogP contribution is -2.35. The van der Waals surface area contributed by atoms with Gasteiger partial charge in [0.1, 0.15) is 11.9 Å². The van der Waals surface area contributed by atoms with Gasteiger partial charge in [0.05, 0.1) is 36.3 Å². The Morgan fingerprint density at radius 3 is 2.69 bits per heavy atom. The van der Waals surface area contributed by atoms with Crippen LogP contribution in [0.4, 0.5) is 10.3 Å². The SMILES string of the molecule is CN1CCC(O)(c2cc(-c3cccc(-c4ccnc(NC5COCC5F)n4)n3)no2)C1=O. The van der Waals surface area contributed by atoms with E-state index in [4.69, 9.17) is 9.26 Å². The molecule has 2 fully saturated rings. The van der Waals surface area contributed by atoms with Gasteiger partial charge in [-0.1, -0.05) is 11.2 Å². The van der Waals surface area contributed by atoms with Crippen molar-refractivity contribution in [1.29, 1.82) is 0 Å². The van der Waals surface area contributed by atoms with E-state index in [9.17, 15) is 14.3 Å². The van der Waals surface area contributed by atoms with Gasteiger partial charge < -0.3 is 24.6 Å². The summed E-state index contributed by atoms with van der Waals surface area (Å²) in [5.74, 6) is -0.0593. The summed E-state index contributed by atoms with van der Waals surface area (Å²) in [4.78, 5) is 26.9. The van der Waals surface area contributed by atoms with Crippen LogP contribution < -0.4 is 5.32 Å². The minimum Gasteiger partial charge on any atom is -0.376 e. The fourth-order valence-electron chi connectivity index (χ4n) is 3.79. The van der Waals surface area contributed by atoms with Crippen molar-refractivity contribution in [3.63, 3.8) is 0 Å². The third-order valence-electron chi connectivity index (χ3n) is 5.68. The number of amides is 1. The Hall–Kier alpha value is -3.44. The summed E-state index contributed by atoms with van der Waals surface area (Å²) in [6, 6.07) is 8.02. The van der Waals surface area contributed by atoms with Gasteiger partial charge in [0.2, 0.25) is 11.5 Å². The molecule has 0 spiro atoms. The summed E-state index contributed by atoms with van der Waals surface area (Å²) >= 11 is 0. The van der Waals surface area contributed by atoms with E-state index in [1.165, 1.54) is 11.0 Å². The highest BCUT2D eigenvalue weighted by Gasteiger charge is 2.48. The molecule has 11 heteroatoms. The summed E-state index contributed by atoms with van der Waals surface area (Å²) in [6.45, 7) is 0.735. The van der Waals surface area contributed by atoms with Gasteiger partial charge in [0.15, 0.2) is 5.76 Å². The number of likely N-dealkylation sites (tertiary alicyclic amines) is 1. The van der Waals surface area contributed by atoms with Crippen molar-refractivity contribution in [3.8, 4) is 22.8 Å². The van der Waals surface area contributed by atoms with Crippen LogP contribution in [-0.2, 0) is 15.1 Å². The number of carbonyl (C=O) groups is 1. The van der Waals surface area contributed by atoms with Gasteiger partial charge in [-0.25, -0.2) is 19.3 Å². The van der Waals surface area contributed by atoms with Crippen molar-refractivity contribution in [1.82, 2.24) is 25.0 Å². The molecule has 0 bridgehead atoms. The highest BCUT2D eigenvalue weighted by molar-refractivity contribution is 5.87. The number of rotatable bonds is 5. The van der Waals surface area contributed by atoms with Crippen LogP contribution in [0.1, 0.15) is 12.2 Å². The number of alkyl halides is 1. The lowest BCUT2D eigenvalue weighted by molar-refractivity contribution is -0.144. The van der Waals surface area contributed by atoms with Crippen LogP contribution in [0.15, 0.2) is 41.1 Å². The van der Waals surface area contributed by atoms with E-state index in [2.05, 4.69) is 25.4 Å². The maximum Gasteiger partial charge on any atom is 0.262 e. The molecule has 10 nitrogen and oxygen atoms in total. The van der Waals surface area contributed by atoms with Gasteiger partial charge >= 0.3 is 0 Å². The van der Waals surface area contributed by atoms with Crippen molar-refractivity contribution in [2.24, 2.45) is 0 Å². The number of nitrogens with one attached hydrogen (secondary N) is 1. The molecule has 2 aliphatic heterocycles. The van der Waals surface area contributed by atoms with Gasteiger partial charge in [0, 0.05) is 32.3 Å². The Labute approximate surface area is 182 Å². The molecule has 5 heterocycles. The van der Waals surface area contributed by atoms with Gasteiger partial charge in [0.25, 0.3) is 5.91 Å². The topological polar surface area (TPSA) is 126 Å². The van der Waals surface area contributed by atoms with Crippen molar-refractivity contribution in [2.45, 2.75) is 24.2 Å². The van der Waals surface area contributed by atoms with E-state index >= 15 is 0 Å². The number of halogens is 1. The molecule has 3 atom stereocenters. The zero-order chi connectivity index (χ0) is 22.3. The molecule has 32 heavy (non-hydrogen) atoms. The maximum absolute atomic E-state index is 13.8. The Morgan fingerprint density at radius 2 is 1.97 bits per heavy atom. The minimum absolute atomic E-state index is 0.0532. The number of aromatic nitrogens is 4. The van der Waals surface area contributed by atoms with Crippen LogP contribution in [0.2, 0.25) is 0 Å². The number of anilines is 1. The predicted molar refractivity (Wildman–Crippen MR) is 110 cm³/mol. The Bertz CT molecular complexity index is 1160. The van der Waals surface area contributed by atoms with Gasteiger partial charge in [-0.2, -0.15) is 0 Å². The molecule has 2 saturated heterocycles. The van der Waals surface area contributed by atoms with Crippen molar-refractivity contribution in [3.05, 3.63) is 42.3 Å². The van der Waals surface area contributed by atoms with E-state index in [1.807, 2.05) is 0 Å². The molecule has 3 aromatic rings. The molecule has 2 aliphatic rings. The number of likely N-dealkylation sites (N-methyl/N-ethyl adjacent to an activating group) is 1. The highest BCUT2D eigenvalue weighted by Crippen LogP contribution is 2.34. The first-order valence-electron chi connectivity index (χ1n) is 10.2. The van der Waals surface area contributed by atoms with E-state index in [0.29, 0.717) is 29.3 Å². The first kappa shape index (κ1) is 20.5. The molecule has 3 unspecified atom stereocenters. The largest absolute Gasteiger partial charge is 0.376 e. The van der Waals surface area contributed by atoms with Crippen LogP contribution in [0, 0.1) is 0 Å². The first-order valence-corrected chi connectivity index (χ1v) is 10.2. The van der Waals surface area contributed by atoms with E-state index < -0.39 is 23.7 Å². The van der Waals surface area contributed by atoms with Crippen LogP contribution in [-0.4, -0.2) is 75.0 Å². The molecule has 5 rings (SSSR count). The van der Waals surface area contributed by atoms with Gasteiger partial charge in [-0.15, -0.1) is 0 Å². The number of hydrogen-bond donors (Lipinski definition) is 2. The number of aliphatic hydroxyl groups is 1. The lowest BCUT2D eigenvalue weighted by Gasteiger charge is -2.16. The third-order valence-corrected chi connectivity index (χ3v) is 5.68. The zero-order valence-electron chi connectivity index (χ0n) is 17.2. The predicted octanol–water partition coefficient (Wildman–Crippen LogP) is 1.39. The summed E-state index contributed by atoms with van der Waals surface area (Å²) in [7, 11) is 1.63. The smallest absolute Gasteiger partial charge is 0.262 e. The lowest BCUT2D eigenvalue weighted by atomic mass is 9.98. The summed E-state index contributed by atoms with van der Waals surface area (Å²) in [5, 5.41) is 17.7. The van der Waals surface area contributed by atoms with Crippen molar-refractivity contribution < 1.29 is 23.6 Å². The van der Waals surface area contributed by atoms with E-state index in [-0.39, 0.29) is 31.3 Å². The van der Waals surface area contributed by atoms with Crippen LogP contribution in [0.25, 0.3) is 22.8 Å². The average Bonchev–Trinajstić information content (AvgIpc) is 3.52. The first-order chi connectivity index (χ1) is 15.4. The maximum atomic E-state index is 13.8. The van der Waals surface area contributed by atoms with Crippen molar-refractivity contribution in [2.75, 3.05) is 32.1 Å². The molecule has 3 aromatic heterocycles. The molecule has 0 aliphatic carbocycles. The number of pyridine rings is 1. The Balaban J connectivity index is 1.40. The van der Waals surface area contributed by atoms with Crippen LogP contribution >= 0.6 is 0 Å². The standard InChI is InChI=1S/C21H21FN6O4/c1-28-8-6-21(30,19(28)29)18-9-16(27-32-18)14-4-2-3-13(24-14)15-5-7-23-20(25-15)26-17-11-31-10-12(17)22/h2-5,7,9,12,17,30H,6,8,10-11H2,1H3,(H,23,25,26). The van der Waals surface area contributed by atoms with Crippen molar-refractivity contribution >= 4 is 11.9 Å². The number of nitrogens with zero attached hydrogens (tertiary/aromatic N) is 5. The normalized spacial score (nSPS) is 25.5. The minimum atomic E-state index is -1.72. The third kappa shape index (κ3) is 3.59. The zero-order valence-corrected chi connectivity index (χ0v) is 17.2. The second-order valence-electron chi connectivity index (χ2n) is 7.89. The summed E-state index contributed by atoms with van der Waals surface area (Å²) < 4.78 is 24.2. The molecular weight excluding hydrogens is 419 g/mol. The Morgan fingerprint density at radius 1 is 1.19 bits per heavy atom. The molecular formula is C21H21FN6O4.